The summed E-state index contributed by atoms with van der Waals surface area (Å²) in [6.45, 7) is 2.17. The number of aryl methyl sites for hydroxylation is 1. The highest BCUT2D eigenvalue weighted by Crippen LogP contribution is 2.25. The molecule has 0 aliphatic carbocycles. The van der Waals surface area contributed by atoms with Crippen molar-refractivity contribution < 1.29 is 9.90 Å². The zero-order chi connectivity index (χ0) is 14.5. The molecule has 1 atom stereocenters. The minimum absolute atomic E-state index is 0.128. The zero-order valence-corrected chi connectivity index (χ0v) is 13.1. The molecular formula is C15H17NO2S2. The lowest BCUT2D eigenvalue weighted by molar-refractivity contribution is 0.0917. The van der Waals surface area contributed by atoms with Gasteiger partial charge in [0.1, 0.15) is 4.88 Å². The van der Waals surface area contributed by atoms with Gasteiger partial charge in [-0.15, -0.1) is 23.1 Å². The van der Waals surface area contributed by atoms with E-state index in [1.54, 1.807) is 11.8 Å². The second kappa shape index (κ2) is 6.92. The Morgan fingerprint density at radius 2 is 2.15 bits per heavy atom. The van der Waals surface area contributed by atoms with Gasteiger partial charge in [0.2, 0.25) is 0 Å². The molecule has 0 fully saturated rings. The first-order valence-electron chi connectivity index (χ1n) is 6.26. The van der Waals surface area contributed by atoms with E-state index < -0.39 is 6.10 Å². The molecule has 2 rings (SSSR count). The summed E-state index contributed by atoms with van der Waals surface area (Å²) < 4.78 is 0. The molecule has 0 aliphatic rings. The highest BCUT2D eigenvalue weighted by Gasteiger charge is 2.15. The third kappa shape index (κ3) is 3.42. The topological polar surface area (TPSA) is 49.3 Å². The van der Waals surface area contributed by atoms with E-state index in [9.17, 15) is 9.90 Å². The monoisotopic (exact) mass is 307 g/mol. The summed E-state index contributed by atoms with van der Waals surface area (Å²) in [5, 5.41) is 14.9. The number of carbonyl (C=O) groups excluding carboxylic acids is 1. The maximum atomic E-state index is 12.1. The normalized spacial score (nSPS) is 12.2. The first-order valence-corrected chi connectivity index (χ1v) is 8.37. The van der Waals surface area contributed by atoms with E-state index in [0.29, 0.717) is 4.88 Å². The van der Waals surface area contributed by atoms with Crippen LogP contribution in [0.4, 0.5) is 0 Å². The number of amides is 1. The van der Waals surface area contributed by atoms with Gasteiger partial charge >= 0.3 is 0 Å². The molecule has 106 valence electrons. The lowest BCUT2D eigenvalue weighted by Gasteiger charge is -2.14. The quantitative estimate of drug-likeness (QED) is 0.834. The summed E-state index contributed by atoms with van der Waals surface area (Å²) in [6, 6.07) is 9.58. The van der Waals surface area contributed by atoms with Gasteiger partial charge < -0.3 is 10.4 Å². The predicted octanol–water partition coefficient (Wildman–Crippen LogP) is 3.24. The number of aliphatic hydroxyl groups is 1. The van der Waals surface area contributed by atoms with Crippen molar-refractivity contribution in [3.05, 3.63) is 51.7 Å². The first-order chi connectivity index (χ1) is 9.63. The molecule has 2 aromatic rings. The zero-order valence-electron chi connectivity index (χ0n) is 11.4. The number of hydrogen-bond donors (Lipinski definition) is 2. The van der Waals surface area contributed by atoms with Crippen LogP contribution in [0.2, 0.25) is 0 Å². The fraction of sp³-hybridized carbons (Fsp3) is 0.267. The third-order valence-corrected chi connectivity index (χ3v) is 4.88. The molecule has 1 aromatic heterocycles. The summed E-state index contributed by atoms with van der Waals surface area (Å²) >= 11 is 2.97. The van der Waals surface area contributed by atoms with Gasteiger partial charge in [-0.3, -0.25) is 4.79 Å². The molecule has 1 aromatic carbocycles. The molecule has 0 saturated carbocycles. The molecule has 2 N–H and O–H groups in total. The number of hydrogen-bond acceptors (Lipinski definition) is 4. The molecule has 0 aliphatic heterocycles. The molecule has 0 radical (unpaired) electrons. The number of nitrogens with one attached hydrogen (secondary N) is 1. The Morgan fingerprint density at radius 3 is 2.85 bits per heavy atom. The Labute approximate surface area is 127 Å². The Kier molecular flexibility index (Phi) is 5.23. The summed E-state index contributed by atoms with van der Waals surface area (Å²) in [6.07, 6.45) is 1.26. The molecule has 1 heterocycles. The number of thiophene rings is 1. The Morgan fingerprint density at radius 1 is 1.40 bits per heavy atom. The Bertz CT molecular complexity index is 595. The largest absolute Gasteiger partial charge is 0.387 e. The number of aliphatic hydroxyl groups excluding tert-OH is 1. The van der Waals surface area contributed by atoms with Crippen LogP contribution in [0.15, 0.2) is 40.6 Å². The van der Waals surface area contributed by atoms with Crippen LogP contribution >= 0.6 is 23.1 Å². The van der Waals surface area contributed by atoms with Gasteiger partial charge in [0.15, 0.2) is 0 Å². The molecule has 1 amide bonds. The summed E-state index contributed by atoms with van der Waals surface area (Å²) in [5.41, 5.74) is 1.87. The maximum Gasteiger partial charge on any atom is 0.262 e. The average molecular weight is 307 g/mol. The lowest BCUT2D eigenvalue weighted by atomic mass is 10.0. The van der Waals surface area contributed by atoms with Crippen LogP contribution in [0.25, 0.3) is 0 Å². The summed E-state index contributed by atoms with van der Waals surface area (Å²) in [5.74, 6) is -0.128. The van der Waals surface area contributed by atoms with Gasteiger partial charge in [-0.2, -0.15) is 0 Å². The van der Waals surface area contributed by atoms with E-state index in [1.165, 1.54) is 11.3 Å². The number of thioether (sulfide) groups is 1. The molecule has 0 saturated heterocycles. The molecule has 0 bridgehead atoms. The van der Waals surface area contributed by atoms with Gasteiger partial charge in [-0.05, 0) is 35.8 Å². The van der Waals surface area contributed by atoms with E-state index in [4.69, 9.17) is 0 Å². The predicted molar refractivity (Wildman–Crippen MR) is 84.6 cm³/mol. The van der Waals surface area contributed by atoms with Crippen molar-refractivity contribution in [1.82, 2.24) is 5.32 Å². The number of benzene rings is 1. The van der Waals surface area contributed by atoms with Crippen LogP contribution in [0.5, 0.6) is 0 Å². The van der Waals surface area contributed by atoms with Crippen molar-refractivity contribution in [3.8, 4) is 0 Å². The lowest BCUT2D eigenvalue weighted by Crippen LogP contribution is -2.28. The minimum Gasteiger partial charge on any atom is -0.387 e. The average Bonchev–Trinajstić information content (AvgIpc) is 2.93. The highest BCUT2D eigenvalue weighted by molar-refractivity contribution is 7.98. The third-order valence-electron chi connectivity index (χ3n) is 3.06. The molecule has 5 heteroatoms. The summed E-state index contributed by atoms with van der Waals surface area (Å²) in [7, 11) is 0. The highest BCUT2D eigenvalue weighted by atomic mass is 32.2. The second-order valence-corrected chi connectivity index (χ2v) is 6.16. The second-order valence-electron chi connectivity index (χ2n) is 4.40. The van der Waals surface area contributed by atoms with Crippen LogP contribution in [0, 0.1) is 6.92 Å². The van der Waals surface area contributed by atoms with Gasteiger partial charge in [0.05, 0.1) is 6.10 Å². The number of carbonyl (C=O) groups is 1. The standard InChI is InChI=1S/C15H17NO2S2/c1-10-5-3-4-6-11(10)12(17)9-16-15(18)14-13(19-2)7-8-20-14/h3-8,12,17H,9H2,1-2H3,(H,16,18). The SMILES string of the molecule is CSc1ccsc1C(=O)NCC(O)c1ccccc1C. The first kappa shape index (κ1) is 15.1. The molecule has 3 nitrogen and oxygen atoms in total. The van der Waals surface area contributed by atoms with E-state index in [0.717, 1.165) is 16.0 Å². The minimum atomic E-state index is -0.683. The molecular weight excluding hydrogens is 290 g/mol. The smallest absolute Gasteiger partial charge is 0.262 e. The van der Waals surface area contributed by atoms with E-state index in [-0.39, 0.29) is 12.5 Å². The van der Waals surface area contributed by atoms with Crippen LogP contribution in [-0.2, 0) is 0 Å². The summed E-state index contributed by atoms with van der Waals surface area (Å²) in [4.78, 5) is 13.8. The molecule has 1 unspecified atom stereocenters. The van der Waals surface area contributed by atoms with Gasteiger partial charge in [0.25, 0.3) is 5.91 Å². The van der Waals surface area contributed by atoms with Crippen molar-refractivity contribution >= 4 is 29.0 Å². The van der Waals surface area contributed by atoms with Gasteiger partial charge in [-0.25, -0.2) is 0 Å². The van der Waals surface area contributed by atoms with E-state index in [1.807, 2.05) is 48.9 Å². The van der Waals surface area contributed by atoms with Gasteiger partial charge in [-0.1, -0.05) is 24.3 Å². The van der Waals surface area contributed by atoms with Crippen LogP contribution in [0.3, 0.4) is 0 Å². The van der Waals surface area contributed by atoms with Crippen molar-refractivity contribution in [2.45, 2.75) is 17.9 Å². The Balaban J connectivity index is 1.99. The van der Waals surface area contributed by atoms with E-state index >= 15 is 0 Å². The fourth-order valence-electron chi connectivity index (χ4n) is 1.96. The molecule has 0 spiro atoms. The van der Waals surface area contributed by atoms with Crippen LogP contribution < -0.4 is 5.32 Å². The number of rotatable bonds is 5. The van der Waals surface area contributed by atoms with Crippen molar-refractivity contribution in [3.63, 3.8) is 0 Å². The van der Waals surface area contributed by atoms with Gasteiger partial charge in [0, 0.05) is 11.4 Å². The van der Waals surface area contributed by atoms with Crippen molar-refractivity contribution in [2.75, 3.05) is 12.8 Å². The van der Waals surface area contributed by atoms with Crippen molar-refractivity contribution in [1.29, 1.82) is 0 Å². The van der Waals surface area contributed by atoms with Crippen LogP contribution in [-0.4, -0.2) is 23.8 Å². The maximum absolute atomic E-state index is 12.1. The Hall–Kier alpha value is -1.30. The fourth-order valence-corrected chi connectivity index (χ4v) is 3.63. The molecule has 20 heavy (non-hydrogen) atoms. The van der Waals surface area contributed by atoms with Crippen molar-refractivity contribution in [2.24, 2.45) is 0 Å². The van der Waals surface area contributed by atoms with E-state index in [2.05, 4.69) is 5.32 Å². The van der Waals surface area contributed by atoms with Crippen LogP contribution in [0.1, 0.15) is 26.9 Å².